The van der Waals surface area contributed by atoms with Crippen LogP contribution in [0.15, 0.2) is 23.4 Å². The molecule has 1 aliphatic rings. The van der Waals surface area contributed by atoms with Crippen LogP contribution in [0.2, 0.25) is 0 Å². The van der Waals surface area contributed by atoms with Crippen LogP contribution in [0, 0.1) is 11.6 Å². The van der Waals surface area contributed by atoms with Crippen LogP contribution in [0.5, 0.6) is 0 Å². The topological polar surface area (TPSA) is 72.3 Å². The molecule has 7 nitrogen and oxygen atoms in total. The second kappa shape index (κ2) is 8.66. The summed E-state index contributed by atoms with van der Waals surface area (Å²) in [6.07, 6.45) is 0. The Hall–Kier alpha value is -2.20. The number of nitrogens with one attached hydrogen (secondary N) is 1. The van der Waals surface area contributed by atoms with Crippen LogP contribution in [0.3, 0.4) is 0 Å². The van der Waals surface area contributed by atoms with Gasteiger partial charge in [-0.15, -0.1) is 10.2 Å². The first-order valence-electron chi connectivity index (χ1n) is 8.68. The average Bonchev–Trinajstić information content (AvgIpc) is 3.07. The molecule has 0 radical (unpaired) electrons. The molecular formula is C17H21F2N5O2S. The van der Waals surface area contributed by atoms with Crippen molar-refractivity contribution in [1.82, 2.24) is 14.8 Å². The predicted molar refractivity (Wildman–Crippen MR) is 99.0 cm³/mol. The molecule has 0 aliphatic carbocycles. The minimum atomic E-state index is -0.687. The summed E-state index contributed by atoms with van der Waals surface area (Å²) in [6.45, 7) is 7.04. The molecule has 27 heavy (non-hydrogen) atoms. The fourth-order valence-corrected chi connectivity index (χ4v) is 3.59. The maximum Gasteiger partial charge on any atom is 0.237 e. The number of hydrogen-bond donors (Lipinski definition) is 1. The zero-order valence-corrected chi connectivity index (χ0v) is 15.9. The van der Waals surface area contributed by atoms with Crippen molar-refractivity contribution in [2.24, 2.45) is 0 Å². The third-order valence-electron chi connectivity index (χ3n) is 4.15. The smallest absolute Gasteiger partial charge is 0.237 e. The molecule has 1 amide bonds. The Morgan fingerprint density at radius 1 is 1.33 bits per heavy atom. The highest BCUT2D eigenvalue weighted by atomic mass is 32.2. The van der Waals surface area contributed by atoms with E-state index in [1.54, 1.807) is 6.92 Å². The number of aromatic nitrogens is 3. The lowest BCUT2D eigenvalue weighted by atomic mass is 10.3. The minimum Gasteiger partial charge on any atom is -0.378 e. The van der Waals surface area contributed by atoms with Crippen LogP contribution in [-0.2, 0) is 16.1 Å². The molecule has 1 N–H and O–H groups in total. The van der Waals surface area contributed by atoms with Crippen molar-refractivity contribution in [3.8, 4) is 0 Å². The molecule has 0 bridgehead atoms. The van der Waals surface area contributed by atoms with Gasteiger partial charge in [0.1, 0.15) is 11.6 Å². The molecule has 1 aromatic carbocycles. The lowest BCUT2D eigenvalue weighted by Gasteiger charge is -2.27. The van der Waals surface area contributed by atoms with E-state index in [1.807, 2.05) is 11.5 Å². The van der Waals surface area contributed by atoms with E-state index in [0.29, 0.717) is 24.9 Å². The summed E-state index contributed by atoms with van der Waals surface area (Å²) < 4.78 is 34.3. The zero-order valence-electron chi connectivity index (χ0n) is 15.1. The van der Waals surface area contributed by atoms with Gasteiger partial charge in [-0.25, -0.2) is 8.78 Å². The van der Waals surface area contributed by atoms with Crippen LogP contribution < -0.4 is 10.2 Å². The largest absolute Gasteiger partial charge is 0.378 e. The van der Waals surface area contributed by atoms with Gasteiger partial charge in [-0.2, -0.15) is 0 Å². The van der Waals surface area contributed by atoms with Gasteiger partial charge in [-0.1, -0.05) is 11.8 Å². The summed E-state index contributed by atoms with van der Waals surface area (Å²) in [7, 11) is 0. The van der Waals surface area contributed by atoms with E-state index in [2.05, 4.69) is 20.4 Å². The molecule has 1 unspecified atom stereocenters. The van der Waals surface area contributed by atoms with Crippen molar-refractivity contribution in [1.29, 1.82) is 0 Å². The number of thioether (sulfide) groups is 1. The van der Waals surface area contributed by atoms with Gasteiger partial charge in [0.15, 0.2) is 5.16 Å². The minimum absolute atomic E-state index is 0.182. The quantitative estimate of drug-likeness (QED) is 0.756. The van der Waals surface area contributed by atoms with E-state index in [0.717, 1.165) is 37.2 Å². The zero-order chi connectivity index (χ0) is 19.4. The van der Waals surface area contributed by atoms with Crippen LogP contribution in [-0.4, -0.2) is 52.2 Å². The third-order valence-corrected chi connectivity index (χ3v) is 5.23. The number of hydrogen-bond acceptors (Lipinski definition) is 6. The number of ether oxygens (including phenoxy) is 1. The summed E-state index contributed by atoms with van der Waals surface area (Å²) in [6, 6.07) is 2.93. The molecule has 10 heteroatoms. The van der Waals surface area contributed by atoms with Crippen molar-refractivity contribution in [3.05, 3.63) is 29.8 Å². The van der Waals surface area contributed by atoms with Crippen molar-refractivity contribution in [2.75, 3.05) is 36.5 Å². The first-order valence-corrected chi connectivity index (χ1v) is 9.56. The SMILES string of the molecule is CCn1c(SC(C)C(=O)Nc2cc(F)ccc2F)nnc1N1CCOCC1. The molecule has 1 fully saturated rings. The number of amides is 1. The van der Waals surface area contributed by atoms with E-state index >= 15 is 0 Å². The normalized spacial score (nSPS) is 15.6. The van der Waals surface area contributed by atoms with Crippen LogP contribution >= 0.6 is 11.8 Å². The molecule has 1 saturated heterocycles. The van der Waals surface area contributed by atoms with Gasteiger partial charge < -0.3 is 15.0 Å². The van der Waals surface area contributed by atoms with Crippen molar-refractivity contribution < 1.29 is 18.3 Å². The highest BCUT2D eigenvalue weighted by Crippen LogP contribution is 2.27. The summed E-state index contributed by atoms with van der Waals surface area (Å²) in [5.41, 5.74) is -0.182. The summed E-state index contributed by atoms with van der Waals surface area (Å²) in [5.74, 6) is -1.00. The number of carbonyl (C=O) groups excluding carboxylic acids is 1. The second-order valence-electron chi connectivity index (χ2n) is 6.00. The van der Waals surface area contributed by atoms with Gasteiger partial charge in [0.2, 0.25) is 11.9 Å². The number of halogens is 2. The molecule has 0 spiro atoms. The molecule has 2 aromatic rings. The van der Waals surface area contributed by atoms with Crippen LogP contribution in [0.25, 0.3) is 0 Å². The number of carbonyl (C=O) groups is 1. The fourth-order valence-electron chi connectivity index (χ4n) is 2.68. The first kappa shape index (κ1) is 19.6. The van der Waals surface area contributed by atoms with Crippen molar-refractivity contribution >= 4 is 29.3 Å². The Labute approximate surface area is 160 Å². The maximum atomic E-state index is 13.7. The summed E-state index contributed by atoms with van der Waals surface area (Å²) >= 11 is 1.22. The maximum absolute atomic E-state index is 13.7. The van der Waals surface area contributed by atoms with Gasteiger partial charge in [0.05, 0.1) is 24.2 Å². The number of benzene rings is 1. The second-order valence-corrected chi connectivity index (χ2v) is 7.31. The van der Waals surface area contributed by atoms with E-state index in [1.165, 1.54) is 11.8 Å². The van der Waals surface area contributed by atoms with E-state index in [9.17, 15) is 13.6 Å². The molecule has 146 valence electrons. The standard InChI is InChI=1S/C17H21F2N5O2S/c1-3-24-16(23-6-8-26-9-7-23)21-22-17(24)27-11(2)15(25)20-14-10-12(18)4-5-13(14)19/h4-5,10-11H,3,6-9H2,1-2H3,(H,20,25). The molecular weight excluding hydrogens is 376 g/mol. The van der Waals surface area contributed by atoms with Gasteiger partial charge in [-0.3, -0.25) is 9.36 Å². The number of nitrogens with zero attached hydrogens (tertiary/aromatic N) is 4. The van der Waals surface area contributed by atoms with Crippen molar-refractivity contribution in [3.63, 3.8) is 0 Å². The monoisotopic (exact) mass is 397 g/mol. The van der Waals surface area contributed by atoms with Crippen LogP contribution in [0.4, 0.5) is 20.4 Å². The molecule has 0 saturated carbocycles. The molecule has 2 heterocycles. The third kappa shape index (κ3) is 4.56. The Balaban J connectivity index is 1.69. The lowest BCUT2D eigenvalue weighted by Crippen LogP contribution is -2.38. The first-order chi connectivity index (χ1) is 13.0. The van der Waals surface area contributed by atoms with E-state index in [-0.39, 0.29) is 5.69 Å². The molecule has 3 rings (SSSR count). The number of rotatable bonds is 6. The van der Waals surface area contributed by atoms with Crippen molar-refractivity contribution in [2.45, 2.75) is 30.8 Å². The Morgan fingerprint density at radius 3 is 2.78 bits per heavy atom. The molecule has 1 atom stereocenters. The van der Waals surface area contributed by atoms with Gasteiger partial charge >= 0.3 is 0 Å². The number of anilines is 2. The molecule has 1 aromatic heterocycles. The molecule has 1 aliphatic heterocycles. The van der Waals surface area contributed by atoms with Crippen LogP contribution in [0.1, 0.15) is 13.8 Å². The number of morpholine rings is 1. The highest BCUT2D eigenvalue weighted by molar-refractivity contribution is 8.00. The van der Waals surface area contributed by atoms with Gasteiger partial charge in [0.25, 0.3) is 0 Å². The van der Waals surface area contributed by atoms with E-state index in [4.69, 9.17) is 4.74 Å². The average molecular weight is 397 g/mol. The van der Waals surface area contributed by atoms with E-state index < -0.39 is 22.8 Å². The Morgan fingerprint density at radius 2 is 2.07 bits per heavy atom. The summed E-state index contributed by atoms with van der Waals surface area (Å²) in [5, 5.41) is 10.9. The highest BCUT2D eigenvalue weighted by Gasteiger charge is 2.23. The lowest BCUT2D eigenvalue weighted by molar-refractivity contribution is -0.115. The summed E-state index contributed by atoms with van der Waals surface area (Å²) in [4.78, 5) is 14.5. The fraction of sp³-hybridized carbons (Fsp3) is 0.471. The van der Waals surface area contributed by atoms with Gasteiger partial charge in [0, 0.05) is 25.7 Å². The Bertz CT molecular complexity index is 811. The Kier molecular flexibility index (Phi) is 6.27. The van der Waals surface area contributed by atoms with Gasteiger partial charge in [-0.05, 0) is 26.0 Å². The predicted octanol–water partition coefficient (Wildman–Crippen LogP) is 2.53.